The molecule has 0 aromatic heterocycles. The third-order valence-corrected chi connectivity index (χ3v) is 4.82. The van der Waals surface area contributed by atoms with E-state index in [0.29, 0.717) is 25.6 Å². The van der Waals surface area contributed by atoms with Crippen LogP contribution < -0.4 is 0 Å². The van der Waals surface area contributed by atoms with Gasteiger partial charge in [0.05, 0.1) is 15.6 Å². The number of ketones is 1. The maximum Gasteiger partial charge on any atom is 0.197 e. The molecule has 0 saturated carbocycles. The summed E-state index contributed by atoms with van der Waals surface area (Å²) in [5.41, 5.74) is 1.88. The first-order valence-corrected chi connectivity index (χ1v) is 7.70. The Labute approximate surface area is 138 Å². The van der Waals surface area contributed by atoms with E-state index in [-0.39, 0.29) is 5.78 Å². The van der Waals surface area contributed by atoms with Gasteiger partial charge in [0.25, 0.3) is 0 Å². The molecule has 0 fully saturated rings. The molecule has 0 atom stereocenters. The van der Waals surface area contributed by atoms with Gasteiger partial charge < -0.3 is 0 Å². The van der Waals surface area contributed by atoms with Gasteiger partial charge in [-0.15, -0.1) is 0 Å². The van der Waals surface area contributed by atoms with Crippen LogP contribution in [0.25, 0.3) is 0 Å². The van der Waals surface area contributed by atoms with E-state index >= 15 is 0 Å². The zero-order valence-electron chi connectivity index (χ0n) is 9.81. The molecule has 98 valence electrons. The SMILES string of the molecule is Cc1cc(Br)c(C(=O)c2c(Cl)cccc2Cl)cc1Br. The van der Waals surface area contributed by atoms with E-state index in [9.17, 15) is 4.79 Å². The summed E-state index contributed by atoms with van der Waals surface area (Å²) in [6, 6.07) is 8.65. The van der Waals surface area contributed by atoms with E-state index in [1.165, 1.54) is 0 Å². The van der Waals surface area contributed by atoms with Gasteiger partial charge in [0.1, 0.15) is 0 Å². The van der Waals surface area contributed by atoms with E-state index in [1.54, 1.807) is 24.3 Å². The Morgan fingerprint density at radius 3 is 2.21 bits per heavy atom. The van der Waals surface area contributed by atoms with Crippen molar-refractivity contribution in [1.82, 2.24) is 0 Å². The third-order valence-electron chi connectivity index (χ3n) is 2.68. The second-order valence-electron chi connectivity index (χ2n) is 4.01. The normalized spacial score (nSPS) is 10.6. The molecule has 0 heterocycles. The van der Waals surface area contributed by atoms with Gasteiger partial charge in [-0.2, -0.15) is 0 Å². The summed E-state index contributed by atoms with van der Waals surface area (Å²) in [4.78, 5) is 12.6. The van der Waals surface area contributed by atoms with Gasteiger partial charge in [0, 0.05) is 14.5 Å². The summed E-state index contributed by atoms with van der Waals surface area (Å²) >= 11 is 19.0. The van der Waals surface area contributed by atoms with E-state index in [2.05, 4.69) is 31.9 Å². The molecule has 2 rings (SSSR count). The minimum absolute atomic E-state index is 0.205. The van der Waals surface area contributed by atoms with Crippen LogP contribution >= 0.6 is 55.1 Å². The molecular weight excluding hydrogens is 415 g/mol. The van der Waals surface area contributed by atoms with Gasteiger partial charge in [-0.25, -0.2) is 0 Å². The zero-order valence-corrected chi connectivity index (χ0v) is 14.5. The molecule has 2 aromatic rings. The fourth-order valence-electron chi connectivity index (χ4n) is 1.67. The quantitative estimate of drug-likeness (QED) is 0.538. The predicted octanol–water partition coefficient (Wildman–Crippen LogP) is 6.06. The molecule has 0 aliphatic carbocycles. The number of rotatable bonds is 2. The van der Waals surface area contributed by atoms with Gasteiger partial charge in [-0.1, -0.05) is 61.1 Å². The second-order valence-corrected chi connectivity index (χ2v) is 6.53. The Bertz CT molecular complexity index is 648. The number of benzene rings is 2. The van der Waals surface area contributed by atoms with Crippen LogP contribution in [0.15, 0.2) is 39.3 Å². The Balaban J connectivity index is 2.60. The topological polar surface area (TPSA) is 17.1 Å². The molecule has 0 aliphatic rings. The van der Waals surface area contributed by atoms with Gasteiger partial charge in [-0.05, 0) is 36.8 Å². The molecule has 1 nitrogen and oxygen atoms in total. The molecule has 0 saturated heterocycles. The Morgan fingerprint density at radius 2 is 1.63 bits per heavy atom. The molecule has 0 unspecified atom stereocenters. The standard InChI is InChI=1S/C14H8Br2Cl2O/c1-7-5-10(16)8(6-9(7)15)14(19)13-11(17)3-2-4-12(13)18/h2-6H,1H3. The van der Waals surface area contributed by atoms with E-state index in [0.717, 1.165) is 10.0 Å². The lowest BCUT2D eigenvalue weighted by atomic mass is 10.0. The van der Waals surface area contributed by atoms with E-state index in [1.807, 2.05) is 13.0 Å². The molecule has 19 heavy (non-hydrogen) atoms. The van der Waals surface area contributed by atoms with Crippen LogP contribution in [0.5, 0.6) is 0 Å². The minimum Gasteiger partial charge on any atom is -0.288 e. The number of hydrogen-bond acceptors (Lipinski definition) is 1. The molecular formula is C14H8Br2Cl2O. The van der Waals surface area contributed by atoms with Gasteiger partial charge in [-0.3, -0.25) is 4.79 Å². The van der Waals surface area contributed by atoms with Crippen LogP contribution in [0.4, 0.5) is 0 Å². The van der Waals surface area contributed by atoms with Crippen molar-refractivity contribution in [2.45, 2.75) is 6.92 Å². The fourth-order valence-corrected chi connectivity index (χ4v) is 3.22. The van der Waals surface area contributed by atoms with Crippen LogP contribution in [-0.2, 0) is 0 Å². The average Bonchev–Trinajstić information content (AvgIpc) is 2.33. The summed E-state index contributed by atoms with van der Waals surface area (Å²) < 4.78 is 1.58. The molecule has 0 aliphatic heterocycles. The molecule has 0 bridgehead atoms. The van der Waals surface area contributed by atoms with Crippen molar-refractivity contribution in [2.75, 3.05) is 0 Å². The highest BCUT2D eigenvalue weighted by molar-refractivity contribution is 9.11. The van der Waals surface area contributed by atoms with Gasteiger partial charge in [0.15, 0.2) is 5.78 Å². The van der Waals surface area contributed by atoms with Crippen molar-refractivity contribution < 1.29 is 4.79 Å². The largest absolute Gasteiger partial charge is 0.288 e. The zero-order chi connectivity index (χ0) is 14.2. The van der Waals surface area contributed by atoms with Crippen LogP contribution in [0.2, 0.25) is 10.0 Å². The summed E-state index contributed by atoms with van der Waals surface area (Å²) in [5, 5.41) is 0.696. The number of carbonyl (C=O) groups is 1. The highest BCUT2D eigenvalue weighted by Gasteiger charge is 2.19. The molecule has 0 N–H and O–H groups in total. The number of aryl methyl sites for hydroxylation is 1. The van der Waals surface area contributed by atoms with Crippen LogP contribution in [-0.4, -0.2) is 5.78 Å². The summed E-state index contributed by atoms with van der Waals surface area (Å²) in [5.74, 6) is -0.205. The Hall–Kier alpha value is -0.350. The minimum atomic E-state index is -0.205. The Morgan fingerprint density at radius 1 is 1.05 bits per heavy atom. The smallest absolute Gasteiger partial charge is 0.197 e. The number of hydrogen-bond donors (Lipinski definition) is 0. The first-order valence-electron chi connectivity index (χ1n) is 5.36. The average molecular weight is 423 g/mol. The van der Waals surface area contributed by atoms with Crippen LogP contribution in [0.3, 0.4) is 0 Å². The monoisotopic (exact) mass is 420 g/mol. The number of halogens is 4. The molecule has 5 heteroatoms. The van der Waals surface area contributed by atoms with E-state index < -0.39 is 0 Å². The first-order chi connectivity index (χ1) is 8.91. The van der Waals surface area contributed by atoms with Gasteiger partial charge >= 0.3 is 0 Å². The van der Waals surface area contributed by atoms with E-state index in [4.69, 9.17) is 23.2 Å². The van der Waals surface area contributed by atoms with Crippen molar-refractivity contribution in [2.24, 2.45) is 0 Å². The lowest BCUT2D eigenvalue weighted by molar-refractivity contribution is 0.103. The highest BCUT2D eigenvalue weighted by Crippen LogP contribution is 2.32. The molecule has 0 spiro atoms. The Kier molecular flexibility index (Phi) is 4.72. The highest BCUT2D eigenvalue weighted by atomic mass is 79.9. The molecule has 2 aromatic carbocycles. The fraction of sp³-hybridized carbons (Fsp3) is 0.0714. The van der Waals surface area contributed by atoms with Crippen LogP contribution in [0, 0.1) is 6.92 Å². The second kappa shape index (κ2) is 5.96. The van der Waals surface area contributed by atoms with Crippen molar-refractivity contribution in [3.8, 4) is 0 Å². The van der Waals surface area contributed by atoms with Gasteiger partial charge in [0.2, 0.25) is 0 Å². The molecule has 0 amide bonds. The summed E-state index contributed by atoms with van der Waals surface area (Å²) in [7, 11) is 0. The predicted molar refractivity (Wildman–Crippen MR) is 86.5 cm³/mol. The summed E-state index contributed by atoms with van der Waals surface area (Å²) in [6.07, 6.45) is 0. The maximum atomic E-state index is 12.6. The van der Waals surface area contributed by atoms with Crippen molar-refractivity contribution in [3.63, 3.8) is 0 Å². The molecule has 0 radical (unpaired) electrons. The first kappa shape index (κ1) is 15.0. The van der Waals surface area contributed by atoms with Crippen molar-refractivity contribution in [1.29, 1.82) is 0 Å². The number of carbonyl (C=O) groups excluding carboxylic acids is 1. The lowest BCUT2D eigenvalue weighted by Crippen LogP contribution is -2.05. The lowest BCUT2D eigenvalue weighted by Gasteiger charge is -2.09. The summed E-state index contributed by atoms with van der Waals surface area (Å²) in [6.45, 7) is 1.95. The van der Waals surface area contributed by atoms with Crippen molar-refractivity contribution >= 4 is 60.8 Å². The third kappa shape index (κ3) is 3.05. The van der Waals surface area contributed by atoms with Crippen LogP contribution in [0.1, 0.15) is 21.5 Å². The van der Waals surface area contributed by atoms with Crippen molar-refractivity contribution in [3.05, 3.63) is 66.0 Å². The maximum absolute atomic E-state index is 12.6.